The van der Waals surface area contributed by atoms with Crippen molar-refractivity contribution < 1.29 is 12.8 Å². The maximum Gasteiger partial charge on any atom is 0.216 e. The molecule has 1 unspecified atom stereocenters. The molecule has 3 heterocycles. The number of nitrogens with one attached hydrogen (secondary N) is 1. The van der Waals surface area contributed by atoms with Crippen molar-refractivity contribution >= 4 is 15.7 Å². The van der Waals surface area contributed by atoms with E-state index < -0.39 is 21.1 Å². The van der Waals surface area contributed by atoms with Gasteiger partial charge in [0.05, 0.1) is 5.69 Å². The minimum Gasteiger partial charge on any atom is -0.369 e. The third-order valence-electron chi connectivity index (χ3n) is 6.70. The minimum atomic E-state index is -3.98. The van der Waals surface area contributed by atoms with Crippen molar-refractivity contribution in [2.24, 2.45) is 5.14 Å². The van der Waals surface area contributed by atoms with Crippen molar-refractivity contribution in [3.63, 3.8) is 0 Å². The smallest absolute Gasteiger partial charge is 0.216 e. The molecule has 2 aromatic heterocycles. The summed E-state index contributed by atoms with van der Waals surface area (Å²) in [5, 5.41) is 12.5. The Morgan fingerprint density at radius 2 is 1.68 bits per heavy atom. The first kappa shape index (κ1) is 25.1. The number of nitrogens with zero attached hydrogens (tertiary/aromatic N) is 4. The zero-order valence-corrected chi connectivity index (χ0v) is 21.3. The Bertz CT molecular complexity index is 1480. The fourth-order valence-corrected chi connectivity index (χ4v) is 5.80. The number of aromatic nitrogens is 3. The van der Waals surface area contributed by atoms with Gasteiger partial charge in [0.1, 0.15) is 16.8 Å². The van der Waals surface area contributed by atoms with Crippen LogP contribution in [0.3, 0.4) is 0 Å². The molecule has 1 aliphatic rings. The Labute approximate surface area is 216 Å². The fraction of sp³-hybridized carbons (Fsp3) is 0.259. The van der Waals surface area contributed by atoms with Crippen LogP contribution >= 0.6 is 0 Å². The highest BCUT2D eigenvalue weighted by molar-refractivity contribution is 7.89. The van der Waals surface area contributed by atoms with E-state index in [1.54, 1.807) is 42.3 Å². The highest BCUT2D eigenvalue weighted by Crippen LogP contribution is 2.37. The van der Waals surface area contributed by atoms with E-state index in [0.29, 0.717) is 11.3 Å². The zero-order valence-electron chi connectivity index (χ0n) is 20.5. The van der Waals surface area contributed by atoms with Gasteiger partial charge in [0.25, 0.3) is 0 Å². The predicted molar refractivity (Wildman–Crippen MR) is 143 cm³/mol. The van der Waals surface area contributed by atoms with Crippen molar-refractivity contribution in [1.82, 2.24) is 20.1 Å². The quantitative estimate of drug-likeness (QED) is 0.383. The van der Waals surface area contributed by atoms with E-state index in [2.05, 4.69) is 27.3 Å². The summed E-state index contributed by atoms with van der Waals surface area (Å²) in [4.78, 5) is 6.41. The standard InChI is InChI=1S/C27H29FN6O2S/c1-2-25(37(29,35)36)23-5-3-4-22(26(23)28)24-18-34(32-27(24)19-10-12-30-13-11-19)21-8-6-20(7-9-21)33-16-14-31-15-17-33/h3-13,18,25,31H,2,14-17H2,1H3,(H2,29,35,36). The minimum absolute atomic E-state index is 0.0521. The van der Waals surface area contributed by atoms with E-state index in [1.807, 2.05) is 24.3 Å². The average molecular weight is 521 g/mol. The summed E-state index contributed by atoms with van der Waals surface area (Å²) in [6.07, 6.45) is 5.24. The zero-order chi connectivity index (χ0) is 26.0. The average Bonchev–Trinajstić information content (AvgIpc) is 3.36. The van der Waals surface area contributed by atoms with Crippen LogP contribution in [0.5, 0.6) is 0 Å². The van der Waals surface area contributed by atoms with Crippen molar-refractivity contribution in [3.05, 3.63) is 84.6 Å². The van der Waals surface area contributed by atoms with Crippen LogP contribution in [0.1, 0.15) is 24.2 Å². The largest absolute Gasteiger partial charge is 0.369 e. The van der Waals surface area contributed by atoms with E-state index in [4.69, 9.17) is 10.2 Å². The number of hydrogen-bond acceptors (Lipinski definition) is 6. The van der Waals surface area contributed by atoms with Gasteiger partial charge in [0.15, 0.2) is 0 Å². The summed E-state index contributed by atoms with van der Waals surface area (Å²) in [7, 11) is -3.98. The molecule has 3 N–H and O–H groups in total. The first-order valence-corrected chi connectivity index (χ1v) is 13.8. The maximum atomic E-state index is 15.9. The molecular formula is C27H29FN6O2S. The number of sulfonamides is 1. The van der Waals surface area contributed by atoms with Crippen LogP contribution in [0.25, 0.3) is 28.1 Å². The first-order chi connectivity index (χ1) is 17.9. The molecule has 192 valence electrons. The Hall–Kier alpha value is -3.60. The number of pyridine rings is 1. The summed E-state index contributed by atoms with van der Waals surface area (Å²) < 4.78 is 42.0. The van der Waals surface area contributed by atoms with E-state index in [0.717, 1.165) is 43.1 Å². The maximum absolute atomic E-state index is 15.9. The molecule has 0 radical (unpaired) electrons. The van der Waals surface area contributed by atoms with Crippen molar-refractivity contribution in [1.29, 1.82) is 0 Å². The number of primary sulfonamides is 1. The second-order valence-corrected chi connectivity index (χ2v) is 10.8. The lowest BCUT2D eigenvalue weighted by Crippen LogP contribution is -2.43. The highest BCUT2D eigenvalue weighted by atomic mass is 32.2. The number of piperazine rings is 1. The summed E-state index contributed by atoms with van der Waals surface area (Å²) in [6, 6.07) is 16.5. The number of rotatable bonds is 7. The topological polar surface area (TPSA) is 106 Å². The van der Waals surface area contributed by atoms with Crippen LogP contribution in [-0.2, 0) is 10.0 Å². The van der Waals surface area contributed by atoms with E-state index >= 15 is 4.39 Å². The SMILES string of the molecule is CCC(c1cccc(-c2cn(-c3ccc(N4CCNCC4)cc3)nc2-c2ccncc2)c1F)S(N)(=O)=O. The fourth-order valence-electron chi connectivity index (χ4n) is 4.80. The molecule has 1 fully saturated rings. The number of hydrogen-bond donors (Lipinski definition) is 2. The summed E-state index contributed by atoms with van der Waals surface area (Å²) in [6.45, 7) is 5.48. The van der Waals surface area contributed by atoms with Crippen LogP contribution in [0, 0.1) is 5.82 Å². The van der Waals surface area contributed by atoms with Crippen molar-refractivity contribution in [2.75, 3.05) is 31.1 Å². The van der Waals surface area contributed by atoms with E-state index in [-0.39, 0.29) is 17.5 Å². The molecule has 0 spiro atoms. The summed E-state index contributed by atoms with van der Waals surface area (Å²) >= 11 is 0. The molecule has 4 aromatic rings. The van der Waals surface area contributed by atoms with Crippen LogP contribution in [0.2, 0.25) is 0 Å². The van der Waals surface area contributed by atoms with Gasteiger partial charge in [0, 0.05) is 72.7 Å². The van der Waals surface area contributed by atoms with Crippen LogP contribution in [-0.4, -0.2) is 49.4 Å². The van der Waals surface area contributed by atoms with Gasteiger partial charge in [-0.1, -0.05) is 25.1 Å². The lowest BCUT2D eigenvalue weighted by Gasteiger charge is -2.29. The van der Waals surface area contributed by atoms with Gasteiger partial charge in [-0.05, 0) is 42.8 Å². The lowest BCUT2D eigenvalue weighted by molar-refractivity contribution is 0.566. The highest BCUT2D eigenvalue weighted by Gasteiger charge is 2.27. The van der Waals surface area contributed by atoms with Gasteiger partial charge >= 0.3 is 0 Å². The lowest BCUT2D eigenvalue weighted by atomic mass is 9.98. The molecule has 1 atom stereocenters. The second kappa shape index (κ2) is 10.4. The molecular weight excluding hydrogens is 491 g/mol. The number of benzene rings is 2. The summed E-state index contributed by atoms with van der Waals surface area (Å²) in [5.74, 6) is -0.618. The third kappa shape index (κ3) is 5.13. The monoisotopic (exact) mass is 520 g/mol. The summed E-state index contributed by atoms with van der Waals surface area (Å²) in [5.41, 5.74) is 4.15. The molecule has 0 aliphatic carbocycles. The van der Waals surface area contributed by atoms with Crippen molar-refractivity contribution in [2.45, 2.75) is 18.6 Å². The molecule has 1 saturated heterocycles. The van der Waals surface area contributed by atoms with Gasteiger partial charge in [-0.25, -0.2) is 22.6 Å². The van der Waals surface area contributed by atoms with Gasteiger partial charge in [-0.2, -0.15) is 5.10 Å². The number of halogens is 1. The molecule has 5 rings (SSSR count). The number of anilines is 1. The van der Waals surface area contributed by atoms with Gasteiger partial charge < -0.3 is 10.2 Å². The van der Waals surface area contributed by atoms with Crippen LogP contribution in [0.4, 0.5) is 10.1 Å². The first-order valence-electron chi connectivity index (χ1n) is 12.2. The van der Waals surface area contributed by atoms with E-state index in [1.165, 1.54) is 6.07 Å². The molecule has 10 heteroatoms. The molecule has 8 nitrogen and oxygen atoms in total. The Morgan fingerprint density at radius 1 is 1.00 bits per heavy atom. The molecule has 0 saturated carbocycles. The Balaban J connectivity index is 1.60. The molecule has 0 amide bonds. The number of nitrogens with two attached hydrogens (primary N) is 1. The van der Waals surface area contributed by atoms with E-state index in [9.17, 15) is 8.42 Å². The molecule has 1 aliphatic heterocycles. The Morgan fingerprint density at radius 3 is 2.32 bits per heavy atom. The second-order valence-electron chi connectivity index (χ2n) is 9.02. The predicted octanol–water partition coefficient (Wildman–Crippen LogP) is 3.89. The van der Waals surface area contributed by atoms with Gasteiger partial charge in [-0.15, -0.1) is 0 Å². The van der Waals surface area contributed by atoms with Crippen LogP contribution < -0.4 is 15.4 Å². The molecule has 2 aromatic carbocycles. The third-order valence-corrected chi connectivity index (χ3v) is 8.08. The normalized spacial score (nSPS) is 15.1. The van der Waals surface area contributed by atoms with Gasteiger partial charge in [-0.3, -0.25) is 4.98 Å². The Kier molecular flexibility index (Phi) is 7.05. The van der Waals surface area contributed by atoms with Crippen molar-refractivity contribution in [3.8, 4) is 28.1 Å². The van der Waals surface area contributed by atoms with Gasteiger partial charge in [0.2, 0.25) is 10.0 Å². The molecule has 37 heavy (non-hydrogen) atoms. The van der Waals surface area contributed by atoms with Crippen LogP contribution in [0.15, 0.2) is 73.2 Å². The molecule has 0 bridgehead atoms.